The molecule has 7 heteroatoms. The van der Waals surface area contributed by atoms with E-state index in [1.165, 1.54) is 13.8 Å². The lowest BCUT2D eigenvalue weighted by atomic mass is 9.94. The highest BCUT2D eigenvalue weighted by molar-refractivity contribution is 5.83. The first-order chi connectivity index (χ1) is 7.54. The van der Waals surface area contributed by atoms with Gasteiger partial charge >= 0.3 is 18.1 Å². The first kappa shape index (κ1) is 13.8. The molecule has 0 saturated carbocycles. The van der Waals surface area contributed by atoms with E-state index in [-0.39, 0.29) is 19.4 Å². The number of likely N-dealkylation sites (tertiary alicyclic amines) is 1. The Morgan fingerprint density at radius 1 is 1.41 bits per heavy atom. The van der Waals surface area contributed by atoms with Gasteiger partial charge in [0.1, 0.15) is 0 Å². The molecule has 0 aromatic carbocycles. The zero-order valence-electron chi connectivity index (χ0n) is 9.54. The Kier molecular flexibility index (Phi) is 3.40. The maximum absolute atomic E-state index is 12.3. The number of carboxylic acids is 1. The lowest BCUT2D eigenvalue weighted by molar-refractivity contribution is -0.188. The number of alkyl halides is 3. The van der Waals surface area contributed by atoms with E-state index in [1.54, 1.807) is 0 Å². The van der Waals surface area contributed by atoms with Crippen molar-refractivity contribution in [2.45, 2.75) is 38.4 Å². The molecular formula is C10H14F3NO3. The Morgan fingerprint density at radius 3 is 2.35 bits per heavy atom. The van der Waals surface area contributed by atoms with Crippen LogP contribution in [0, 0.1) is 5.92 Å². The molecule has 0 radical (unpaired) electrons. The third-order valence-electron chi connectivity index (χ3n) is 2.91. The Balaban J connectivity index is 2.81. The average molecular weight is 253 g/mol. The summed E-state index contributed by atoms with van der Waals surface area (Å²) in [5.41, 5.74) is -0.952. The smallest absolute Gasteiger partial charge is 0.471 e. The van der Waals surface area contributed by atoms with Crippen LogP contribution >= 0.6 is 0 Å². The van der Waals surface area contributed by atoms with Gasteiger partial charge < -0.3 is 10.0 Å². The Hall–Kier alpha value is -1.27. The third-order valence-corrected chi connectivity index (χ3v) is 2.91. The van der Waals surface area contributed by atoms with Crippen molar-refractivity contribution >= 4 is 11.9 Å². The predicted molar refractivity (Wildman–Crippen MR) is 52.2 cm³/mol. The second-order valence-corrected chi connectivity index (χ2v) is 4.89. The average Bonchev–Trinajstić information content (AvgIpc) is 2.36. The minimum Gasteiger partial charge on any atom is -0.481 e. The summed E-state index contributed by atoms with van der Waals surface area (Å²) in [7, 11) is 0. The SMILES string of the molecule is CC1(C)CC(CC(=O)O)CN1C(=O)C(F)(F)F. The van der Waals surface area contributed by atoms with Gasteiger partial charge in [0, 0.05) is 18.5 Å². The largest absolute Gasteiger partial charge is 0.481 e. The number of hydrogen-bond acceptors (Lipinski definition) is 2. The molecule has 0 aromatic heterocycles. The molecule has 17 heavy (non-hydrogen) atoms. The van der Waals surface area contributed by atoms with Gasteiger partial charge in [-0.05, 0) is 26.2 Å². The number of carbonyl (C=O) groups is 2. The maximum Gasteiger partial charge on any atom is 0.471 e. The first-order valence-corrected chi connectivity index (χ1v) is 5.14. The van der Waals surface area contributed by atoms with Crippen LogP contribution in [-0.2, 0) is 9.59 Å². The number of aliphatic carboxylic acids is 1. The van der Waals surface area contributed by atoms with Crippen LogP contribution in [0.25, 0.3) is 0 Å². The molecular weight excluding hydrogens is 239 g/mol. The molecule has 1 fully saturated rings. The number of amides is 1. The molecule has 1 heterocycles. The van der Waals surface area contributed by atoms with Crippen LogP contribution in [0.5, 0.6) is 0 Å². The lowest BCUT2D eigenvalue weighted by Crippen LogP contribution is -2.48. The molecule has 1 N–H and O–H groups in total. The molecule has 0 spiro atoms. The zero-order valence-corrected chi connectivity index (χ0v) is 9.54. The highest BCUT2D eigenvalue weighted by Gasteiger charge is 2.51. The predicted octanol–water partition coefficient (Wildman–Crippen LogP) is 1.65. The number of rotatable bonds is 2. The van der Waals surface area contributed by atoms with Gasteiger partial charge in [-0.1, -0.05) is 0 Å². The number of halogens is 3. The van der Waals surface area contributed by atoms with Crippen molar-refractivity contribution in [3.05, 3.63) is 0 Å². The Bertz CT molecular complexity index is 338. The molecule has 0 aliphatic carbocycles. The van der Waals surface area contributed by atoms with Crippen LogP contribution in [0.2, 0.25) is 0 Å². The van der Waals surface area contributed by atoms with E-state index in [2.05, 4.69) is 0 Å². The summed E-state index contributed by atoms with van der Waals surface area (Å²) in [5.74, 6) is -3.38. The molecule has 1 atom stereocenters. The molecule has 98 valence electrons. The van der Waals surface area contributed by atoms with Gasteiger partial charge in [0.25, 0.3) is 0 Å². The molecule has 0 aromatic rings. The number of hydrogen-bond donors (Lipinski definition) is 1. The normalized spacial score (nSPS) is 23.8. The van der Waals surface area contributed by atoms with Gasteiger partial charge in [-0.15, -0.1) is 0 Å². The fourth-order valence-corrected chi connectivity index (χ4v) is 2.28. The number of carbonyl (C=O) groups excluding carboxylic acids is 1. The van der Waals surface area contributed by atoms with Gasteiger partial charge in [0.05, 0.1) is 0 Å². The summed E-state index contributed by atoms with van der Waals surface area (Å²) in [6.07, 6.45) is -4.86. The van der Waals surface area contributed by atoms with Gasteiger partial charge in [0.15, 0.2) is 0 Å². The standard InChI is InChI=1S/C10H14F3NO3/c1-9(2)4-6(3-7(15)16)5-14(9)8(17)10(11,12)13/h6H,3-5H2,1-2H3,(H,15,16). The Morgan fingerprint density at radius 2 is 1.94 bits per heavy atom. The van der Waals surface area contributed by atoms with Gasteiger partial charge in [-0.3, -0.25) is 9.59 Å². The monoisotopic (exact) mass is 253 g/mol. The van der Waals surface area contributed by atoms with Gasteiger partial charge in [-0.2, -0.15) is 13.2 Å². The summed E-state index contributed by atoms with van der Waals surface area (Å²) in [6.45, 7) is 2.87. The second-order valence-electron chi connectivity index (χ2n) is 4.89. The summed E-state index contributed by atoms with van der Waals surface area (Å²) in [6, 6.07) is 0. The zero-order chi connectivity index (χ0) is 13.4. The van der Waals surface area contributed by atoms with E-state index in [1.807, 2.05) is 0 Å². The Labute approximate surface area is 96.4 Å². The molecule has 1 unspecified atom stereocenters. The van der Waals surface area contributed by atoms with Crippen molar-refractivity contribution < 1.29 is 27.9 Å². The van der Waals surface area contributed by atoms with Crippen LogP contribution in [0.15, 0.2) is 0 Å². The van der Waals surface area contributed by atoms with Crippen LogP contribution < -0.4 is 0 Å². The lowest BCUT2D eigenvalue weighted by Gasteiger charge is -2.31. The first-order valence-electron chi connectivity index (χ1n) is 5.14. The van der Waals surface area contributed by atoms with E-state index in [9.17, 15) is 22.8 Å². The van der Waals surface area contributed by atoms with Crippen LogP contribution in [0.1, 0.15) is 26.7 Å². The molecule has 0 bridgehead atoms. The van der Waals surface area contributed by atoms with Crippen LogP contribution in [-0.4, -0.2) is 40.1 Å². The van der Waals surface area contributed by atoms with E-state index in [0.29, 0.717) is 0 Å². The van der Waals surface area contributed by atoms with Crippen molar-refractivity contribution in [1.29, 1.82) is 0 Å². The molecule has 1 aliphatic rings. The van der Waals surface area contributed by atoms with Gasteiger partial charge in [-0.25, -0.2) is 0 Å². The van der Waals surface area contributed by atoms with Crippen molar-refractivity contribution in [1.82, 2.24) is 4.90 Å². The van der Waals surface area contributed by atoms with Crippen LogP contribution in [0.3, 0.4) is 0 Å². The fourth-order valence-electron chi connectivity index (χ4n) is 2.28. The quantitative estimate of drug-likeness (QED) is 0.814. The minimum atomic E-state index is -4.91. The summed E-state index contributed by atoms with van der Waals surface area (Å²) < 4.78 is 37.0. The van der Waals surface area contributed by atoms with Gasteiger partial charge in [0.2, 0.25) is 0 Å². The van der Waals surface area contributed by atoms with Crippen molar-refractivity contribution in [3.63, 3.8) is 0 Å². The fraction of sp³-hybridized carbons (Fsp3) is 0.800. The van der Waals surface area contributed by atoms with Crippen molar-refractivity contribution in [2.75, 3.05) is 6.54 Å². The maximum atomic E-state index is 12.3. The number of nitrogens with zero attached hydrogens (tertiary/aromatic N) is 1. The van der Waals surface area contributed by atoms with E-state index in [4.69, 9.17) is 5.11 Å². The third kappa shape index (κ3) is 3.10. The van der Waals surface area contributed by atoms with E-state index in [0.717, 1.165) is 4.90 Å². The highest BCUT2D eigenvalue weighted by atomic mass is 19.4. The van der Waals surface area contributed by atoms with Crippen LogP contribution in [0.4, 0.5) is 13.2 Å². The molecule has 4 nitrogen and oxygen atoms in total. The van der Waals surface area contributed by atoms with E-state index >= 15 is 0 Å². The van der Waals surface area contributed by atoms with E-state index < -0.39 is 29.5 Å². The van der Waals surface area contributed by atoms with Crippen molar-refractivity contribution in [2.24, 2.45) is 5.92 Å². The molecule has 1 saturated heterocycles. The highest BCUT2D eigenvalue weighted by Crippen LogP contribution is 2.37. The molecule has 1 rings (SSSR count). The number of carboxylic acid groups (broad SMARTS) is 1. The summed E-state index contributed by atoms with van der Waals surface area (Å²) >= 11 is 0. The topological polar surface area (TPSA) is 57.6 Å². The summed E-state index contributed by atoms with van der Waals surface area (Å²) in [5, 5.41) is 8.60. The molecule has 1 aliphatic heterocycles. The van der Waals surface area contributed by atoms with Crippen molar-refractivity contribution in [3.8, 4) is 0 Å². The summed E-state index contributed by atoms with van der Waals surface area (Å²) in [4.78, 5) is 22.4. The second kappa shape index (κ2) is 4.19. The molecule has 1 amide bonds. The minimum absolute atomic E-state index is 0.155.